The van der Waals surface area contributed by atoms with Crippen molar-refractivity contribution in [1.29, 1.82) is 5.26 Å². The van der Waals surface area contributed by atoms with Crippen LogP contribution in [0.3, 0.4) is 0 Å². The Labute approximate surface area is 230 Å². The second kappa shape index (κ2) is 10.8. The number of aryl methyl sites for hydroxylation is 1. The summed E-state index contributed by atoms with van der Waals surface area (Å²) in [6.07, 6.45) is -1.60. The molecule has 5 rings (SSSR count). The minimum Gasteiger partial charge on any atom is -0.496 e. The summed E-state index contributed by atoms with van der Waals surface area (Å²) in [4.78, 5) is 37.0. The number of rotatable bonds is 6. The molecule has 2 aromatic carbocycles. The Bertz CT molecular complexity index is 1680. The third-order valence-corrected chi connectivity index (χ3v) is 7.34. The molecule has 8 nitrogen and oxygen atoms in total. The van der Waals surface area contributed by atoms with Gasteiger partial charge in [-0.1, -0.05) is 11.3 Å². The Balaban J connectivity index is 1.35. The molecule has 40 heavy (non-hydrogen) atoms. The van der Waals surface area contributed by atoms with Gasteiger partial charge in [-0.3, -0.25) is 19.9 Å². The molecule has 0 bridgehead atoms. The first-order valence-corrected chi connectivity index (χ1v) is 12.7. The molecular formula is C28H20F3N5O3S. The van der Waals surface area contributed by atoms with Crippen molar-refractivity contribution in [3.05, 3.63) is 93.0 Å². The number of hydrogen-bond donors (Lipinski definition) is 1. The zero-order valence-electron chi connectivity index (χ0n) is 21.2. The zero-order chi connectivity index (χ0) is 28.6. The zero-order valence-corrected chi connectivity index (χ0v) is 22.0. The molecule has 202 valence electrons. The highest BCUT2D eigenvalue weighted by atomic mass is 32.1. The standard InChI is InChI=1S/C28H20F3N5O3S/c1-14-7-17(18-8-15(10-32)3-6-23(18)39-2)20(11-33-14)26(37)35-28-34-22-12-36(13-24(22)40-28)27(38)16-4-5-21(29)19(9-16)25(30)31/h3-9,11,25H,12-13H2,1-2H3,(H,34,35,37). The smallest absolute Gasteiger partial charge is 0.266 e. The van der Waals surface area contributed by atoms with E-state index >= 15 is 0 Å². The first-order chi connectivity index (χ1) is 19.2. The lowest BCUT2D eigenvalue weighted by Gasteiger charge is -2.16. The van der Waals surface area contributed by atoms with Crippen LogP contribution in [0, 0.1) is 24.1 Å². The van der Waals surface area contributed by atoms with E-state index in [2.05, 4.69) is 21.4 Å². The van der Waals surface area contributed by atoms with Gasteiger partial charge in [0.25, 0.3) is 18.2 Å². The molecular weight excluding hydrogens is 543 g/mol. The molecule has 0 saturated heterocycles. The highest BCUT2D eigenvalue weighted by molar-refractivity contribution is 7.16. The summed E-state index contributed by atoms with van der Waals surface area (Å²) < 4.78 is 45.2. The lowest BCUT2D eigenvalue weighted by Crippen LogP contribution is -2.25. The summed E-state index contributed by atoms with van der Waals surface area (Å²) in [5.74, 6) is -1.59. The van der Waals surface area contributed by atoms with E-state index in [0.717, 1.165) is 17.0 Å². The molecule has 0 aliphatic carbocycles. The van der Waals surface area contributed by atoms with Crippen LogP contribution in [0.2, 0.25) is 0 Å². The number of methoxy groups -OCH3 is 1. The number of nitrogens with zero attached hydrogens (tertiary/aromatic N) is 4. The number of alkyl halides is 2. The van der Waals surface area contributed by atoms with Crippen molar-refractivity contribution in [3.63, 3.8) is 0 Å². The number of amides is 2. The first-order valence-electron chi connectivity index (χ1n) is 11.9. The average molecular weight is 564 g/mol. The fourth-order valence-corrected chi connectivity index (χ4v) is 5.36. The topological polar surface area (TPSA) is 108 Å². The normalized spacial score (nSPS) is 12.3. The Morgan fingerprint density at radius 2 is 1.95 bits per heavy atom. The van der Waals surface area contributed by atoms with Crippen LogP contribution in [0.5, 0.6) is 5.75 Å². The summed E-state index contributed by atoms with van der Waals surface area (Å²) in [5.41, 5.74) is 2.09. The molecule has 4 aromatic rings. The minimum absolute atomic E-state index is 0.0457. The number of thiazole rings is 1. The number of fused-ring (bicyclic) bond motifs is 1. The van der Waals surface area contributed by atoms with E-state index in [4.69, 9.17) is 4.74 Å². The molecule has 2 aromatic heterocycles. The quantitative estimate of drug-likeness (QED) is 0.314. The van der Waals surface area contributed by atoms with Gasteiger partial charge in [0, 0.05) is 28.6 Å². The molecule has 1 N–H and O–H groups in total. The molecule has 1 aliphatic rings. The predicted molar refractivity (Wildman–Crippen MR) is 141 cm³/mol. The van der Waals surface area contributed by atoms with Crippen molar-refractivity contribution >= 4 is 28.3 Å². The maximum atomic E-state index is 13.6. The Morgan fingerprint density at radius 1 is 1.15 bits per heavy atom. The number of nitriles is 1. The number of benzene rings is 2. The van der Waals surface area contributed by atoms with Crippen molar-refractivity contribution in [2.45, 2.75) is 26.4 Å². The monoisotopic (exact) mass is 563 g/mol. The number of hydrogen-bond acceptors (Lipinski definition) is 7. The highest BCUT2D eigenvalue weighted by Crippen LogP contribution is 2.36. The van der Waals surface area contributed by atoms with Gasteiger partial charge in [-0.2, -0.15) is 5.26 Å². The van der Waals surface area contributed by atoms with E-state index in [1.54, 1.807) is 31.2 Å². The summed E-state index contributed by atoms with van der Waals surface area (Å²) in [6, 6.07) is 11.6. The van der Waals surface area contributed by atoms with Crippen LogP contribution >= 0.6 is 11.3 Å². The molecule has 0 fully saturated rings. The lowest BCUT2D eigenvalue weighted by molar-refractivity contribution is 0.0750. The van der Waals surface area contributed by atoms with Gasteiger partial charge >= 0.3 is 0 Å². The minimum atomic E-state index is -3.04. The van der Waals surface area contributed by atoms with E-state index in [9.17, 15) is 28.0 Å². The van der Waals surface area contributed by atoms with E-state index < -0.39 is 29.6 Å². The largest absolute Gasteiger partial charge is 0.496 e. The van der Waals surface area contributed by atoms with Crippen LogP contribution in [0.25, 0.3) is 11.1 Å². The molecule has 0 spiro atoms. The number of carbonyl (C=O) groups excluding carboxylic acids is 2. The number of halogens is 3. The summed E-state index contributed by atoms with van der Waals surface area (Å²) in [6.45, 7) is 2.06. The van der Waals surface area contributed by atoms with Gasteiger partial charge in [0.1, 0.15) is 11.6 Å². The SMILES string of the molecule is COc1ccc(C#N)cc1-c1cc(C)ncc1C(=O)Nc1nc2c(s1)CN(C(=O)c1ccc(F)c(C(F)F)c1)C2. The van der Waals surface area contributed by atoms with Gasteiger partial charge in [-0.25, -0.2) is 18.2 Å². The van der Waals surface area contributed by atoms with Crippen molar-refractivity contribution in [2.24, 2.45) is 0 Å². The third-order valence-electron chi connectivity index (χ3n) is 6.34. The summed E-state index contributed by atoms with van der Waals surface area (Å²) in [7, 11) is 1.50. The molecule has 0 saturated carbocycles. The van der Waals surface area contributed by atoms with Crippen molar-refractivity contribution in [1.82, 2.24) is 14.9 Å². The van der Waals surface area contributed by atoms with Gasteiger partial charge in [0.15, 0.2) is 5.13 Å². The van der Waals surface area contributed by atoms with Crippen molar-refractivity contribution in [2.75, 3.05) is 12.4 Å². The van der Waals surface area contributed by atoms with Gasteiger partial charge < -0.3 is 9.64 Å². The Kier molecular flexibility index (Phi) is 7.23. The molecule has 12 heteroatoms. The van der Waals surface area contributed by atoms with Crippen LogP contribution in [-0.2, 0) is 13.1 Å². The second-order valence-corrected chi connectivity index (χ2v) is 10.0. The van der Waals surface area contributed by atoms with Crippen LogP contribution in [-0.4, -0.2) is 33.8 Å². The van der Waals surface area contributed by atoms with Gasteiger partial charge in [-0.05, 0) is 49.4 Å². The highest BCUT2D eigenvalue weighted by Gasteiger charge is 2.29. The van der Waals surface area contributed by atoms with Gasteiger partial charge in [0.2, 0.25) is 0 Å². The van der Waals surface area contributed by atoms with E-state index in [1.165, 1.54) is 35.6 Å². The maximum absolute atomic E-state index is 13.6. The van der Waals surface area contributed by atoms with Crippen LogP contribution < -0.4 is 10.1 Å². The lowest BCUT2D eigenvalue weighted by atomic mass is 9.97. The molecule has 3 heterocycles. The van der Waals surface area contributed by atoms with Crippen LogP contribution in [0.1, 0.15) is 54.5 Å². The van der Waals surface area contributed by atoms with Crippen LogP contribution in [0.15, 0.2) is 48.7 Å². The number of carbonyl (C=O) groups is 2. The Hall–Kier alpha value is -4.76. The van der Waals surface area contributed by atoms with E-state index in [1.807, 2.05) is 0 Å². The Morgan fingerprint density at radius 3 is 2.65 bits per heavy atom. The average Bonchev–Trinajstić information content (AvgIpc) is 3.51. The number of nitrogens with one attached hydrogen (secondary N) is 1. The van der Waals surface area contributed by atoms with E-state index in [-0.39, 0.29) is 24.2 Å². The number of ether oxygens (including phenoxy) is 1. The van der Waals surface area contributed by atoms with Crippen molar-refractivity contribution in [3.8, 4) is 22.9 Å². The van der Waals surface area contributed by atoms with Gasteiger partial charge in [0.05, 0.1) is 53.5 Å². The van der Waals surface area contributed by atoms with E-state index in [0.29, 0.717) is 39.0 Å². The number of pyridine rings is 1. The maximum Gasteiger partial charge on any atom is 0.266 e. The fraction of sp³-hybridized carbons (Fsp3) is 0.179. The van der Waals surface area contributed by atoms with Crippen molar-refractivity contribution < 1.29 is 27.5 Å². The third kappa shape index (κ3) is 5.11. The molecule has 1 aliphatic heterocycles. The predicted octanol–water partition coefficient (Wildman–Crippen LogP) is 5.88. The second-order valence-electron chi connectivity index (χ2n) is 8.94. The molecule has 0 atom stereocenters. The number of anilines is 1. The molecule has 0 radical (unpaired) electrons. The van der Waals surface area contributed by atoms with Crippen LogP contribution in [0.4, 0.5) is 18.3 Å². The summed E-state index contributed by atoms with van der Waals surface area (Å²) in [5, 5.41) is 12.5. The molecule has 0 unspecified atom stereocenters. The summed E-state index contributed by atoms with van der Waals surface area (Å²) >= 11 is 1.19. The fourth-order valence-electron chi connectivity index (χ4n) is 4.38. The molecule has 2 amide bonds. The number of aromatic nitrogens is 2. The van der Waals surface area contributed by atoms with Gasteiger partial charge in [-0.15, -0.1) is 0 Å². The first kappa shape index (κ1) is 26.8.